The standard InChI is InChI=1S/C12H15BrN2O2/c13-11-4-1-3-10(9-11)5-7-15-12(17)14-6-2-8-16/h1,3-5,7,9,16H,2,6,8H2,(H2,14,15,17)/b7-5+. The Morgan fingerprint density at radius 1 is 1.47 bits per heavy atom. The molecule has 0 radical (unpaired) electrons. The Kier molecular flexibility index (Phi) is 6.35. The molecule has 0 atom stereocenters. The van der Waals surface area contributed by atoms with Gasteiger partial charge in [0.25, 0.3) is 0 Å². The SMILES string of the molecule is O=C(N/C=C/c1cccc(Br)c1)NCCCO. The molecule has 0 aliphatic heterocycles. The van der Waals surface area contributed by atoms with Crippen molar-refractivity contribution in [2.24, 2.45) is 0 Å². The Labute approximate surface area is 109 Å². The quantitative estimate of drug-likeness (QED) is 0.729. The van der Waals surface area contributed by atoms with Gasteiger partial charge in [-0.2, -0.15) is 0 Å². The second-order valence-corrected chi connectivity index (χ2v) is 4.28. The van der Waals surface area contributed by atoms with Crippen LogP contribution in [0.2, 0.25) is 0 Å². The number of halogens is 1. The second-order valence-electron chi connectivity index (χ2n) is 3.37. The van der Waals surface area contributed by atoms with Crippen molar-refractivity contribution in [3.63, 3.8) is 0 Å². The highest BCUT2D eigenvalue weighted by atomic mass is 79.9. The molecule has 1 aromatic rings. The molecule has 3 N–H and O–H groups in total. The van der Waals surface area contributed by atoms with E-state index >= 15 is 0 Å². The van der Waals surface area contributed by atoms with Crippen LogP contribution in [0.5, 0.6) is 0 Å². The van der Waals surface area contributed by atoms with Gasteiger partial charge in [0.1, 0.15) is 0 Å². The summed E-state index contributed by atoms with van der Waals surface area (Å²) in [5.74, 6) is 0. The lowest BCUT2D eigenvalue weighted by molar-refractivity contribution is 0.241. The molecule has 0 aromatic heterocycles. The average Bonchev–Trinajstić information content (AvgIpc) is 2.29. The van der Waals surface area contributed by atoms with E-state index in [-0.39, 0.29) is 12.6 Å². The minimum Gasteiger partial charge on any atom is -0.396 e. The van der Waals surface area contributed by atoms with Gasteiger partial charge in [0.2, 0.25) is 0 Å². The van der Waals surface area contributed by atoms with Crippen LogP contribution in [0, 0.1) is 0 Å². The number of aliphatic hydroxyl groups is 1. The fraction of sp³-hybridized carbons (Fsp3) is 0.250. The maximum absolute atomic E-state index is 11.2. The van der Waals surface area contributed by atoms with Crippen LogP contribution in [0.4, 0.5) is 4.79 Å². The minimum absolute atomic E-state index is 0.0775. The first kappa shape index (κ1) is 13.7. The van der Waals surface area contributed by atoms with Crippen LogP contribution in [0.1, 0.15) is 12.0 Å². The van der Waals surface area contributed by atoms with E-state index < -0.39 is 0 Å². The number of benzene rings is 1. The summed E-state index contributed by atoms with van der Waals surface area (Å²) in [5, 5.41) is 13.7. The Balaban J connectivity index is 2.32. The lowest BCUT2D eigenvalue weighted by atomic mass is 10.2. The molecule has 0 heterocycles. The molecule has 0 saturated heterocycles. The fourth-order valence-corrected chi connectivity index (χ4v) is 1.57. The monoisotopic (exact) mass is 298 g/mol. The van der Waals surface area contributed by atoms with E-state index in [1.54, 1.807) is 12.3 Å². The molecule has 1 rings (SSSR count). The lowest BCUT2D eigenvalue weighted by Gasteiger charge is -2.02. The molecule has 0 spiro atoms. The molecule has 1 aromatic carbocycles. The van der Waals surface area contributed by atoms with Crippen molar-refractivity contribution >= 4 is 28.0 Å². The third-order valence-electron chi connectivity index (χ3n) is 1.96. The van der Waals surface area contributed by atoms with Crippen LogP contribution >= 0.6 is 15.9 Å². The van der Waals surface area contributed by atoms with Gasteiger partial charge in [0.15, 0.2) is 0 Å². The van der Waals surface area contributed by atoms with Gasteiger partial charge in [0.05, 0.1) is 0 Å². The van der Waals surface area contributed by atoms with Gasteiger partial charge in [-0.25, -0.2) is 4.79 Å². The topological polar surface area (TPSA) is 61.4 Å². The second kappa shape index (κ2) is 7.86. The molecule has 0 aliphatic rings. The molecule has 2 amide bonds. The number of hydrogen-bond acceptors (Lipinski definition) is 2. The smallest absolute Gasteiger partial charge is 0.318 e. The van der Waals surface area contributed by atoms with E-state index in [2.05, 4.69) is 26.6 Å². The zero-order chi connectivity index (χ0) is 12.5. The van der Waals surface area contributed by atoms with Gasteiger partial charge < -0.3 is 15.7 Å². The van der Waals surface area contributed by atoms with E-state index in [1.165, 1.54) is 0 Å². The summed E-state index contributed by atoms with van der Waals surface area (Å²) in [6, 6.07) is 7.47. The zero-order valence-corrected chi connectivity index (χ0v) is 10.9. The summed E-state index contributed by atoms with van der Waals surface area (Å²) in [7, 11) is 0. The summed E-state index contributed by atoms with van der Waals surface area (Å²) in [4.78, 5) is 11.2. The van der Waals surface area contributed by atoms with Crippen LogP contribution in [-0.2, 0) is 0 Å². The van der Waals surface area contributed by atoms with Crippen molar-refractivity contribution < 1.29 is 9.90 Å². The maximum Gasteiger partial charge on any atom is 0.318 e. The van der Waals surface area contributed by atoms with Gasteiger partial charge >= 0.3 is 6.03 Å². The van der Waals surface area contributed by atoms with E-state index in [0.29, 0.717) is 13.0 Å². The minimum atomic E-state index is -0.273. The molecule has 5 heteroatoms. The third kappa shape index (κ3) is 6.09. The zero-order valence-electron chi connectivity index (χ0n) is 9.32. The largest absolute Gasteiger partial charge is 0.396 e. The molecule has 4 nitrogen and oxygen atoms in total. The Bertz CT molecular complexity index is 394. The van der Waals surface area contributed by atoms with Gasteiger partial charge in [-0.15, -0.1) is 0 Å². The molecule has 0 saturated carbocycles. The van der Waals surface area contributed by atoms with E-state index in [1.807, 2.05) is 24.3 Å². The third-order valence-corrected chi connectivity index (χ3v) is 2.45. The van der Waals surface area contributed by atoms with Crippen LogP contribution < -0.4 is 10.6 Å². The van der Waals surface area contributed by atoms with Crippen molar-refractivity contribution in [3.8, 4) is 0 Å². The van der Waals surface area contributed by atoms with E-state index in [0.717, 1.165) is 10.0 Å². The number of nitrogens with one attached hydrogen (secondary N) is 2. The van der Waals surface area contributed by atoms with Crippen molar-refractivity contribution in [1.29, 1.82) is 0 Å². The average molecular weight is 299 g/mol. The van der Waals surface area contributed by atoms with Gasteiger partial charge in [0, 0.05) is 23.8 Å². The molecule has 0 unspecified atom stereocenters. The predicted octanol–water partition coefficient (Wildman–Crippen LogP) is 2.10. The van der Waals surface area contributed by atoms with Gasteiger partial charge in [-0.05, 0) is 30.2 Å². The Morgan fingerprint density at radius 3 is 3.00 bits per heavy atom. The highest BCUT2D eigenvalue weighted by molar-refractivity contribution is 9.10. The first-order valence-corrected chi connectivity index (χ1v) is 6.09. The lowest BCUT2D eigenvalue weighted by Crippen LogP contribution is -2.33. The highest BCUT2D eigenvalue weighted by Gasteiger charge is 1.94. The maximum atomic E-state index is 11.2. The van der Waals surface area contributed by atoms with Crippen molar-refractivity contribution in [3.05, 3.63) is 40.5 Å². The molecule has 0 fully saturated rings. The van der Waals surface area contributed by atoms with Crippen LogP contribution in [0.3, 0.4) is 0 Å². The highest BCUT2D eigenvalue weighted by Crippen LogP contribution is 2.12. The number of urea groups is 1. The summed E-state index contributed by atoms with van der Waals surface area (Å²) in [5.41, 5.74) is 0.995. The molecule has 17 heavy (non-hydrogen) atoms. The number of carbonyl (C=O) groups is 1. The molecule has 0 bridgehead atoms. The molecule has 92 valence electrons. The van der Waals surface area contributed by atoms with Gasteiger partial charge in [-0.3, -0.25) is 0 Å². The number of amides is 2. The van der Waals surface area contributed by atoms with Crippen molar-refractivity contribution in [2.45, 2.75) is 6.42 Å². The van der Waals surface area contributed by atoms with Crippen LogP contribution in [0.25, 0.3) is 6.08 Å². The Hall–Kier alpha value is -1.33. The number of rotatable bonds is 5. The molecular weight excluding hydrogens is 284 g/mol. The van der Waals surface area contributed by atoms with Crippen LogP contribution in [-0.4, -0.2) is 24.3 Å². The molecule has 0 aliphatic carbocycles. The van der Waals surface area contributed by atoms with Crippen LogP contribution in [0.15, 0.2) is 34.9 Å². The summed E-state index contributed by atoms with van der Waals surface area (Å²) in [6.45, 7) is 0.543. The fourth-order valence-electron chi connectivity index (χ4n) is 1.16. The Morgan fingerprint density at radius 2 is 2.29 bits per heavy atom. The van der Waals surface area contributed by atoms with E-state index in [9.17, 15) is 4.79 Å². The van der Waals surface area contributed by atoms with E-state index in [4.69, 9.17) is 5.11 Å². The van der Waals surface area contributed by atoms with Crippen molar-refractivity contribution in [1.82, 2.24) is 10.6 Å². The molecular formula is C12H15BrN2O2. The summed E-state index contributed by atoms with van der Waals surface area (Å²) < 4.78 is 0.993. The summed E-state index contributed by atoms with van der Waals surface area (Å²) in [6.07, 6.45) is 3.94. The number of aliphatic hydroxyl groups excluding tert-OH is 1. The first-order chi connectivity index (χ1) is 8.22. The number of hydrogen-bond donors (Lipinski definition) is 3. The first-order valence-electron chi connectivity index (χ1n) is 5.29. The number of carbonyl (C=O) groups excluding carboxylic acids is 1. The normalized spacial score (nSPS) is 10.5. The summed E-state index contributed by atoms with van der Waals surface area (Å²) >= 11 is 3.37. The predicted molar refractivity (Wildman–Crippen MR) is 71.4 cm³/mol. The van der Waals surface area contributed by atoms with Gasteiger partial charge in [-0.1, -0.05) is 28.1 Å². The van der Waals surface area contributed by atoms with Crippen molar-refractivity contribution in [2.75, 3.05) is 13.2 Å².